The average Bonchev–Trinajstić information content (AvgIpc) is 3.44. The van der Waals surface area contributed by atoms with Crippen LogP contribution in [0.25, 0.3) is 11.4 Å². The van der Waals surface area contributed by atoms with E-state index in [4.69, 9.17) is 14.2 Å². The fourth-order valence-electron chi connectivity index (χ4n) is 4.81. The van der Waals surface area contributed by atoms with E-state index in [1.165, 1.54) is 11.1 Å². The predicted octanol–water partition coefficient (Wildman–Crippen LogP) is 4.13. The Morgan fingerprint density at radius 1 is 0.947 bits per heavy atom. The minimum absolute atomic E-state index is 0.0818. The number of fused-ring (bicyclic) bond motifs is 2. The first-order valence-electron chi connectivity index (χ1n) is 12.7. The van der Waals surface area contributed by atoms with Crippen LogP contribution in [-0.4, -0.2) is 40.7 Å². The molecular weight excluding hydrogens is 480 g/mol. The Kier molecular flexibility index (Phi) is 6.87. The van der Waals surface area contributed by atoms with Crippen LogP contribution in [0.15, 0.2) is 79.1 Å². The molecule has 0 spiro atoms. The molecule has 0 radical (unpaired) electrons. The molecule has 0 fully saturated rings. The van der Waals surface area contributed by atoms with Gasteiger partial charge in [-0.15, -0.1) is 0 Å². The number of aromatic nitrogens is 2. The lowest BCUT2D eigenvalue weighted by Crippen LogP contribution is -2.31. The molecule has 3 aromatic carbocycles. The van der Waals surface area contributed by atoms with Crippen molar-refractivity contribution in [3.05, 3.63) is 101 Å². The smallest absolute Gasteiger partial charge is 0.258 e. The van der Waals surface area contributed by atoms with Crippen LogP contribution < -0.4 is 19.5 Å². The van der Waals surface area contributed by atoms with E-state index in [2.05, 4.69) is 50.5 Å². The van der Waals surface area contributed by atoms with Crippen LogP contribution in [0.4, 0.5) is 0 Å². The lowest BCUT2D eigenvalue weighted by molar-refractivity contribution is -0.123. The number of nitrogens with zero attached hydrogens (tertiary/aromatic N) is 3. The van der Waals surface area contributed by atoms with Gasteiger partial charge >= 0.3 is 0 Å². The van der Waals surface area contributed by atoms with Gasteiger partial charge in [0.05, 0.1) is 0 Å². The summed E-state index contributed by atoms with van der Waals surface area (Å²) in [5.74, 6) is 2.56. The number of ether oxygens (including phenoxy) is 3. The average molecular weight is 509 g/mol. The van der Waals surface area contributed by atoms with Gasteiger partial charge in [0.15, 0.2) is 23.9 Å². The van der Waals surface area contributed by atoms with Crippen LogP contribution >= 0.6 is 0 Å². The predicted molar refractivity (Wildman–Crippen MR) is 142 cm³/mol. The molecule has 1 N–H and O–H groups in total. The zero-order valence-electron chi connectivity index (χ0n) is 20.9. The zero-order valence-corrected chi connectivity index (χ0v) is 20.9. The van der Waals surface area contributed by atoms with Crippen molar-refractivity contribution in [1.29, 1.82) is 0 Å². The van der Waals surface area contributed by atoms with Gasteiger partial charge in [0.2, 0.25) is 6.79 Å². The van der Waals surface area contributed by atoms with Gasteiger partial charge in [0.25, 0.3) is 5.91 Å². The van der Waals surface area contributed by atoms with Gasteiger partial charge < -0.3 is 19.5 Å². The SMILES string of the molecule is O=C(COc1ccc(-c2ncccn2)cc1CN1CCc2ccccc2C1)NCc1ccc2c(c1)OCO2. The van der Waals surface area contributed by atoms with Gasteiger partial charge in [-0.1, -0.05) is 30.3 Å². The van der Waals surface area contributed by atoms with Crippen molar-refractivity contribution in [3.63, 3.8) is 0 Å². The second kappa shape index (κ2) is 10.9. The first-order valence-corrected chi connectivity index (χ1v) is 12.7. The standard InChI is InChI=1S/C30H28N4O4/c35-29(33-16-21-6-8-27-28(14-21)38-20-37-27)19-36-26-9-7-23(30-31-11-3-12-32-30)15-25(26)18-34-13-10-22-4-1-2-5-24(22)17-34/h1-9,11-12,14-15H,10,13,16-20H2,(H,33,35). The molecule has 0 atom stereocenters. The van der Waals surface area contributed by atoms with Crippen LogP contribution in [0.1, 0.15) is 22.3 Å². The van der Waals surface area contributed by atoms with Crippen molar-refractivity contribution in [2.45, 2.75) is 26.1 Å². The molecule has 6 rings (SSSR count). The molecule has 1 amide bonds. The summed E-state index contributed by atoms with van der Waals surface area (Å²) in [5.41, 5.74) is 5.61. The van der Waals surface area contributed by atoms with Crippen molar-refractivity contribution in [3.8, 4) is 28.6 Å². The largest absolute Gasteiger partial charge is 0.483 e. The molecule has 8 nitrogen and oxygen atoms in total. The number of nitrogens with one attached hydrogen (secondary N) is 1. The van der Waals surface area contributed by atoms with Crippen molar-refractivity contribution >= 4 is 5.91 Å². The number of hydrogen-bond acceptors (Lipinski definition) is 7. The normalized spacial score (nSPS) is 14.1. The summed E-state index contributed by atoms with van der Waals surface area (Å²) in [6.07, 6.45) is 4.48. The molecule has 38 heavy (non-hydrogen) atoms. The number of rotatable bonds is 8. The van der Waals surface area contributed by atoms with Gasteiger partial charge in [0, 0.05) is 49.7 Å². The quantitative estimate of drug-likeness (QED) is 0.383. The highest BCUT2D eigenvalue weighted by molar-refractivity contribution is 5.77. The highest BCUT2D eigenvalue weighted by Crippen LogP contribution is 2.32. The maximum atomic E-state index is 12.6. The maximum absolute atomic E-state index is 12.6. The molecular formula is C30H28N4O4. The lowest BCUT2D eigenvalue weighted by Gasteiger charge is -2.29. The fourth-order valence-corrected chi connectivity index (χ4v) is 4.81. The van der Waals surface area contributed by atoms with E-state index < -0.39 is 0 Å². The minimum atomic E-state index is -0.198. The van der Waals surface area contributed by atoms with Gasteiger partial charge in [-0.3, -0.25) is 9.69 Å². The number of carbonyl (C=O) groups excluding carboxylic acids is 1. The van der Waals surface area contributed by atoms with E-state index in [9.17, 15) is 4.79 Å². The van der Waals surface area contributed by atoms with Crippen molar-refractivity contribution in [2.24, 2.45) is 0 Å². The number of carbonyl (C=O) groups is 1. The van der Waals surface area contributed by atoms with E-state index in [1.807, 2.05) is 30.3 Å². The van der Waals surface area contributed by atoms with E-state index in [-0.39, 0.29) is 19.3 Å². The Labute approximate surface area is 221 Å². The van der Waals surface area contributed by atoms with Gasteiger partial charge in [-0.2, -0.15) is 0 Å². The topological polar surface area (TPSA) is 85.8 Å². The first-order chi connectivity index (χ1) is 18.7. The summed E-state index contributed by atoms with van der Waals surface area (Å²) < 4.78 is 16.8. The van der Waals surface area contributed by atoms with Gasteiger partial charge in [-0.05, 0) is 59.5 Å². The Balaban J connectivity index is 1.14. The third-order valence-electron chi connectivity index (χ3n) is 6.77. The van der Waals surface area contributed by atoms with Crippen LogP contribution in [-0.2, 0) is 30.8 Å². The summed E-state index contributed by atoms with van der Waals surface area (Å²) in [5, 5.41) is 2.92. The Bertz CT molecular complexity index is 1440. The molecule has 4 aromatic rings. The summed E-state index contributed by atoms with van der Waals surface area (Å²) in [7, 11) is 0. The molecule has 8 heteroatoms. The highest BCUT2D eigenvalue weighted by atomic mass is 16.7. The zero-order chi connectivity index (χ0) is 25.7. The maximum Gasteiger partial charge on any atom is 0.258 e. The molecule has 2 aliphatic heterocycles. The number of benzene rings is 3. The Morgan fingerprint density at radius 2 is 1.79 bits per heavy atom. The molecule has 1 aromatic heterocycles. The van der Waals surface area contributed by atoms with E-state index in [0.717, 1.165) is 42.0 Å². The molecule has 2 aliphatic rings. The molecule has 0 bridgehead atoms. The van der Waals surface area contributed by atoms with E-state index >= 15 is 0 Å². The van der Waals surface area contributed by atoms with E-state index in [0.29, 0.717) is 30.4 Å². The van der Waals surface area contributed by atoms with Crippen molar-refractivity contribution < 1.29 is 19.0 Å². The fraction of sp³-hybridized carbons (Fsp3) is 0.233. The Hall–Kier alpha value is -4.43. The van der Waals surface area contributed by atoms with Crippen LogP contribution in [0.3, 0.4) is 0 Å². The third kappa shape index (κ3) is 5.45. The second-order valence-electron chi connectivity index (χ2n) is 9.38. The molecule has 0 saturated carbocycles. The van der Waals surface area contributed by atoms with Gasteiger partial charge in [-0.25, -0.2) is 9.97 Å². The summed E-state index contributed by atoms with van der Waals surface area (Å²) in [6, 6.07) is 21.9. The molecule has 0 aliphatic carbocycles. The summed E-state index contributed by atoms with van der Waals surface area (Å²) in [6.45, 7) is 3.05. The van der Waals surface area contributed by atoms with Gasteiger partial charge in [0.1, 0.15) is 5.75 Å². The highest BCUT2D eigenvalue weighted by Gasteiger charge is 2.19. The molecule has 0 saturated heterocycles. The first kappa shape index (κ1) is 23.9. The molecule has 0 unspecified atom stereocenters. The number of amides is 1. The van der Waals surface area contributed by atoms with Crippen molar-refractivity contribution in [1.82, 2.24) is 20.2 Å². The minimum Gasteiger partial charge on any atom is -0.483 e. The van der Waals surface area contributed by atoms with Crippen LogP contribution in [0.2, 0.25) is 0 Å². The summed E-state index contributed by atoms with van der Waals surface area (Å²) >= 11 is 0. The monoisotopic (exact) mass is 508 g/mol. The molecule has 3 heterocycles. The van der Waals surface area contributed by atoms with E-state index in [1.54, 1.807) is 18.5 Å². The number of hydrogen-bond donors (Lipinski definition) is 1. The van der Waals surface area contributed by atoms with Crippen molar-refractivity contribution in [2.75, 3.05) is 19.9 Å². The Morgan fingerprint density at radius 3 is 2.68 bits per heavy atom. The third-order valence-corrected chi connectivity index (χ3v) is 6.77. The van der Waals surface area contributed by atoms with Crippen LogP contribution in [0.5, 0.6) is 17.2 Å². The molecule has 192 valence electrons. The summed E-state index contributed by atoms with van der Waals surface area (Å²) in [4.78, 5) is 23.8. The second-order valence-corrected chi connectivity index (χ2v) is 9.38. The lowest BCUT2D eigenvalue weighted by atomic mass is 9.99. The van der Waals surface area contributed by atoms with Crippen LogP contribution in [0, 0.1) is 0 Å².